The zero-order valence-electron chi connectivity index (χ0n) is 19.6. The van der Waals surface area contributed by atoms with Crippen LogP contribution >= 0.6 is 0 Å². The maximum atomic E-state index is 12.5. The Bertz CT molecular complexity index is 986. The second-order valence-electron chi connectivity index (χ2n) is 10.5. The summed E-state index contributed by atoms with van der Waals surface area (Å²) in [7, 11) is 1.71. The predicted molar refractivity (Wildman–Crippen MR) is 122 cm³/mol. The van der Waals surface area contributed by atoms with E-state index in [-0.39, 0.29) is 28.9 Å². The largest absolute Gasteiger partial charge is 0.496 e. The van der Waals surface area contributed by atoms with E-state index in [1.54, 1.807) is 13.3 Å². The van der Waals surface area contributed by atoms with Crippen molar-refractivity contribution < 1.29 is 14.3 Å². The number of hydrogen-bond acceptors (Lipinski definition) is 4. The van der Waals surface area contributed by atoms with Crippen LogP contribution in [0.4, 0.5) is 0 Å². The number of fused-ring (bicyclic) bond motifs is 1. The van der Waals surface area contributed by atoms with Crippen LogP contribution in [0, 0.1) is 22.7 Å². The highest BCUT2D eigenvalue weighted by molar-refractivity contribution is 5.76. The number of nitrogens with one attached hydrogen (secondary N) is 1. The molecular weight excluding hydrogens is 402 g/mol. The van der Waals surface area contributed by atoms with Gasteiger partial charge in [-0.1, -0.05) is 26.8 Å². The number of carbonyl (C=O) groups excluding carboxylic acids is 1. The van der Waals surface area contributed by atoms with E-state index < -0.39 is 0 Å². The average molecular weight is 438 g/mol. The van der Waals surface area contributed by atoms with Gasteiger partial charge in [-0.3, -0.25) is 9.48 Å². The number of benzene rings is 1. The van der Waals surface area contributed by atoms with Gasteiger partial charge in [-0.15, -0.1) is 0 Å². The molecule has 2 bridgehead atoms. The van der Waals surface area contributed by atoms with Crippen LogP contribution in [0.3, 0.4) is 0 Å². The number of methoxy groups -OCH3 is 1. The molecule has 2 heterocycles. The molecule has 1 aliphatic heterocycles. The molecule has 2 saturated carbocycles. The van der Waals surface area contributed by atoms with Crippen molar-refractivity contribution in [2.45, 2.75) is 65.1 Å². The highest BCUT2D eigenvalue weighted by Gasteiger charge is 2.68. The van der Waals surface area contributed by atoms with E-state index in [0.29, 0.717) is 24.8 Å². The second kappa shape index (κ2) is 7.91. The lowest BCUT2D eigenvalue weighted by Crippen LogP contribution is -2.58. The first kappa shape index (κ1) is 21.5. The Labute approximate surface area is 190 Å². The van der Waals surface area contributed by atoms with E-state index in [0.717, 1.165) is 30.8 Å². The molecule has 2 aromatic rings. The van der Waals surface area contributed by atoms with E-state index in [2.05, 4.69) is 42.5 Å². The molecule has 1 saturated heterocycles. The normalized spacial score (nSPS) is 32.5. The molecule has 1 aromatic heterocycles. The molecule has 1 unspecified atom stereocenters. The molecule has 32 heavy (non-hydrogen) atoms. The molecule has 1 spiro atoms. The van der Waals surface area contributed by atoms with Crippen LogP contribution in [-0.2, 0) is 16.1 Å². The molecule has 1 amide bonds. The minimum atomic E-state index is 0.0492. The van der Waals surface area contributed by atoms with Gasteiger partial charge in [-0.2, -0.15) is 5.10 Å². The molecule has 3 aliphatic rings. The standard InChI is InChI=1S/C26H35N3O3/c1-5-22(30)28-24-25(2,3)19-14-20-23(32-12-9-26(20,24)15-19)17-7-8-21(31-4)18(13-17)16-29-11-6-10-27-29/h6-8,10-11,13,19-20,23-24H,5,9,12,14-16H2,1-4H3,(H,28,30)/t19-,20-,23-,24+,26?/m1/s1. The van der Waals surface area contributed by atoms with Crippen LogP contribution in [0.15, 0.2) is 36.7 Å². The first-order chi connectivity index (χ1) is 15.4. The average Bonchev–Trinajstić information content (AvgIpc) is 3.48. The van der Waals surface area contributed by atoms with Crippen molar-refractivity contribution >= 4 is 5.91 Å². The molecule has 3 fully saturated rings. The number of hydrogen-bond donors (Lipinski definition) is 1. The van der Waals surface area contributed by atoms with Crippen molar-refractivity contribution in [3.63, 3.8) is 0 Å². The van der Waals surface area contributed by atoms with E-state index in [1.807, 2.05) is 23.9 Å². The lowest BCUT2D eigenvalue weighted by molar-refractivity contribution is -0.137. The first-order valence-corrected chi connectivity index (χ1v) is 11.9. The topological polar surface area (TPSA) is 65.4 Å². The van der Waals surface area contributed by atoms with Crippen molar-refractivity contribution in [3.8, 4) is 5.75 Å². The Kier molecular flexibility index (Phi) is 5.31. The highest BCUT2D eigenvalue weighted by atomic mass is 16.5. The SMILES string of the molecule is CCC(=O)N[C@H]1C(C)(C)[C@@H]2C[C@@H]3[C@@H](c4ccc(OC)c(Cn5cccn5)c4)OCCC31C2. The lowest BCUT2D eigenvalue weighted by atomic mass is 9.58. The zero-order valence-corrected chi connectivity index (χ0v) is 19.6. The minimum absolute atomic E-state index is 0.0492. The van der Waals surface area contributed by atoms with Crippen LogP contribution in [0.2, 0.25) is 0 Å². The van der Waals surface area contributed by atoms with Gasteiger partial charge >= 0.3 is 0 Å². The number of rotatable bonds is 6. The summed E-state index contributed by atoms with van der Waals surface area (Å²) in [6.07, 6.45) is 7.73. The van der Waals surface area contributed by atoms with Gasteiger partial charge in [0, 0.05) is 37.0 Å². The van der Waals surface area contributed by atoms with Crippen molar-refractivity contribution in [3.05, 3.63) is 47.8 Å². The maximum Gasteiger partial charge on any atom is 0.219 e. The second-order valence-corrected chi connectivity index (χ2v) is 10.5. The third-order valence-corrected chi connectivity index (χ3v) is 8.66. The molecule has 0 radical (unpaired) electrons. The van der Waals surface area contributed by atoms with Gasteiger partial charge in [0.15, 0.2) is 0 Å². The van der Waals surface area contributed by atoms with Gasteiger partial charge in [0.2, 0.25) is 5.91 Å². The van der Waals surface area contributed by atoms with E-state index >= 15 is 0 Å². The van der Waals surface area contributed by atoms with Gasteiger partial charge in [-0.05, 0) is 65.7 Å². The monoisotopic (exact) mass is 437 g/mol. The van der Waals surface area contributed by atoms with Gasteiger partial charge in [-0.25, -0.2) is 0 Å². The van der Waals surface area contributed by atoms with Gasteiger partial charge < -0.3 is 14.8 Å². The fraction of sp³-hybridized carbons (Fsp3) is 0.615. The van der Waals surface area contributed by atoms with Crippen molar-refractivity contribution in [2.75, 3.05) is 13.7 Å². The van der Waals surface area contributed by atoms with Crippen LogP contribution < -0.4 is 10.1 Å². The Morgan fingerprint density at radius 2 is 2.22 bits per heavy atom. The summed E-state index contributed by atoms with van der Waals surface area (Å²) < 4.78 is 14.0. The minimum Gasteiger partial charge on any atom is -0.496 e. The molecule has 2 aliphatic carbocycles. The summed E-state index contributed by atoms with van der Waals surface area (Å²) >= 11 is 0. The molecule has 1 N–H and O–H groups in total. The number of nitrogens with zero attached hydrogens (tertiary/aromatic N) is 2. The number of carbonyl (C=O) groups is 1. The van der Waals surface area contributed by atoms with Crippen molar-refractivity contribution in [1.29, 1.82) is 0 Å². The fourth-order valence-corrected chi connectivity index (χ4v) is 7.05. The van der Waals surface area contributed by atoms with Gasteiger partial charge in [0.05, 0.1) is 19.8 Å². The summed E-state index contributed by atoms with van der Waals surface area (Å²) in [6.45, 7) is 8.04. The fourth-order valence-electron chi connectivity index (χ4n) is 7.05. The Hall–Kier alpha value is -2.34. The Morgan fingerprint density at radius 3 is 2.94 bits per heavy atom. The van der Waals surface area contributed by atoms with Crippen LogP contribution in [-0.4, -0.2) is 35.4 Å². The van der Waals surface area contributed by atoms with Gasteiger partial charge in [0.25, 0.3) is 0 Å². The molecular formula is C26H35N3O3. The number of ether oxygens (including phenoxy) is 2. The van der Waals surface area contributed by atoms with Crippen molar-refractivity contribution in [1.82, 2.24) is 15.1 Å². The maximum absolute atomic E-state index is 12.5. The first-order valence-electron chi connectivity index (χ1n) is 11.9. The summed E-state index contributed by atoms with van der Waals surface area (Å²) in [5.74, 6) is 2.07. The van der Waals surface area contributed by atoms with Gasteiger partial charge in [0.1, 0.15) is 5.75 Å². The Balaban J connectivity index is 1.48. The molecule has 5 rings (SSSR count). The molecule has 1 aromatic carbocycles. The number of amides is 1. The Morgan fingerprint density at radius 1 is 1.38 bits per heavy atom. The summed E-state index contributed by atoms with van der Waals surface area (Å²) in [4.78, 5) is 12.5. The van der Waals surface area contributed by atoms with E-state index in [9.17, 15) is 4.79 Å². The summed E-state index contributed by atoms with van der Waals surface area (Å²) in [5, 5.41) is 7.81. The third kappa shape index (κ3) is 3.26. The van der Waals surface area contributed by atoms with Crippen LogP contribution in [0.25, 0.3) is 0 Å². The molecule has 6 nitrogen and oxygen atoms in total. The molecule has 6 heteroatoms. The van der Waals surface area contributed by atoms with Crippen molar-refractivity contribution in [2.24, 2.45) is 22.7 Å². The molecule has 5 atom stereocenters. The van der Waals surface area contributed by atoms with Crippen LogP contribution in [0.1, 0.15) is 63.7 Å². The summed E-state index contributed by atoms with van der Waals surface area (Å²) in [5.41, 5.74) is 2.55. The highest BCUT2D eigenvalue weighted by Crippen LogP contribution is 2.70. The molecule has 172 valence electrons. The van der Waals surface area contributed by atoms with Crippen LogP contribution in [0.5, 0.6) is 5.75 Å². The summed E-state index contributed by atoms with van der Waals surface area (Å²) in [6, 6.07) is 8.60. The lowest BCUT2D eigenvalue weighted by Gasteiger charge is -2.53. The van der Waals surface area contributed by atoms with E-state index in [4.69, 9.17) is 9.47 Å². The zero-order chi connectivity index (χ0) is 22.5. The van der Waals surface area contributed by atoms with E-state index in [1.165, 1.54) is 12.0 Å². The third-order valence-electron chi connectivity index (χ3n) is 8.66. The smallest absolute Gasteiger partial charge is 0.219 e. The quantitative estimate of drug-likeness (QED) is 0.730. The predicted octanol–water partition coefficient (Wildman–Crippen LogP) is 4.35. The number of aromatic nitrogens is 2.